The van der Waals surface area contributed by atoms with Crippen LogP contribution < -0.4 is 10.6 Å². The Morgan fingerprint density at radius 3 is 2.12 bits per heavy atom. The molecule has 3 N–H and O–H groups in total. The number of rotatable bonds is 11. The van der Waals surface area contributed by atoms with Gasteiger partial charge in [-0.2, -0.15) is 0 Å². The Kier molecular flexibility index (Phi) is 9.83. The second kappa shape index (κ2) is 12.6. The number of methoxy groups -OCH3 is 1. The average Bonchev–Trinajstić information content (AvgIpc) is 2.84. The van der Waals surface area contributed by atoms with E-state index < -0.39 is 52.3 Å². The van der Waals surface area contributed by atoms with Crippen molar-refractivity contribution < 1.29 is 37.4 Å². The van der Waals surface area contributed by atoms with Crippen LogP contribution >= 0.6 is 0 Å². The monoisotopic (exact) mass is 478 g/mol. The zero-order valence-electron chi connectivity index (χ0n) is 18.0. The summed E-state index contributed by atoms with van der Waals surface area (Å²) in [7, 11) is -2.62. The molecule has 0 bridgehead atoms. The average molecular weight is 479 g/mol. The molecular weight excluding hydrogens is 452 g/mol. The van der Waals surface area contributed by atoms with Gasteiger partial charge in [-0.05, 0) is 24.1 Å². The molecule has 0 fully saturated rings. The number of esters is 1. The number of alkyl carbamates (subject to hydrolysis) is 1. The first-order chi connectivity index (χ1) is 15.8. The van der Waals surface area contributed by atoms with Crippen molar-refractivity contribution in [2.45, 2.75) is 30.0 Å². The van der Waals surface area contributed by atoms with E-state index in [9.17, 15) is 27.9 Å². The van der Waals surface area contributed by atoms with Crippen molar-refractivity contribution in [2.75, 3.05) is 19.5 Å². The molecule has 0 saturated heterocycles. The van der Waals surface area contributed by atoms with Gasteiger partial charge in [-0.15, -0.1) is 0 Å². The normalized spacial score (nSPS) is 12.8. The summed E-state index contributed by atoms with van der Waals surface area (Å²) in [6.07, 6.45) is -1.22. The van der Waals surface area contributed by atoms with Crippen LogP contribution in [0.15, 0.2) is 65.6 Å². The zero-order valence-corrected chi connectivity index (χ0v) is 18.8. The lowest BCUT2D eigenvalue weighted by Crippen LogP contribution is -2.53. The predicted octanol–water partition coefficient (Wildman–Crippen LogP) is 0.796. The lowest BCUT2D eigenvalue weighted by molar-refractivity contribution is -0.145. The number of nitrogens with one attached hydrogen (secondary N) is 2. The van der Waals surface area contributed by atoms with E-state index in [2.05, 4.69) is 15.4 Å². The Morgan fingerprint density at radius 2 is 1.55 bits per heavy atom. The molecule has 0 radical (unpaired) electrons. The highest BCUT2D eigenvalue weighted by atomic mass is 32.2. The molecule has 2 rings (SSSR count). The summed E-state index contributed by atoms with van der Waals surface area (Å²) in [6.45, 7) is -0.822. The number of aliphatic hydroxyl groups excluding tert-OH is 1. The molecule has 0 spiro atoms. The van der Waals surface area contributed by atoms with Crippen molar-refractivity contribution in [1.29, 1.82) is 0 Å². The van der Waals surface area contributed by atoms with Crippen LogP contribution in [-0.4, -0.2) is 63.0 Å². The van der Waals surface area contributed by atoms with Crippen LogP contribution in [-0.2, 0) is 35.5 Å². The molecule has 33 heavy (non-hydrogen) atoms. The molecule has 0 aliphatic heterocycles. The number of benzene rings is 2. The fourth-order valence-corrected chi connectivity index (χ4v) is 4.14. The van der Waals surface area contributed by atoms with E-state index in [0.29, 0.717) is 0 Å². The van der Waals surface area contributed by atoms with Crippen LogP contribution in [0.4, 0.5) is 4.79 Å². The molecule has 0 aliphatic carbocycles. The molecule has 2 aromatic rings. The standard InChI is InChI=1S/C22H26N2O8S/c1-31-21(27)18(12-13-33(29,30)17-10-6-3-7-11-17)23-20(26)19(14-25)24-22(28)32-15-16-8-4-2-5-9-16/h2-11,18-19,25H,12-15H2,1H3,(H,23,26)(H,24,28)/t18-,19-/m0/s1. The van der Waals surface area contributed by atoms with Crippen molar-refractivity contribution in [1.82, 2.24) is 10.6 Å². The first kappa shape index (κ1) is 25.8. The van der Waals surface area contributed by atoms with Crippen molar-refractivity contribution in [2.24, 2.45) is 0 Å². The van der Waals surface area contributed by atoms with Crippen LogP contribution in [0.25, 0.3) is 0 Å². The highest BCUT2D eigenvalue weighted by Gasteiger charge is 2.29. The molecule has 2 atom stereocenters. The number of carbonyl (C=O) groups is 3. The number of hydrogen-bond donors (Lipinski definition) is 3. The lowest BCUT2D eigenvalue weighted by Gasteiger charge is -2.21. The Hall–Kier alpha value is -3.44. The van der Waals surface area contributed by atoms with Gasteiger partial charge in [0.05, 0.1) is 24.4 Å². The SMILES string of the molecule is COC(=O)[C@H](CCS(=O)(=O)c1ccccc1)NC(=O)[C@H](CO)NC(=O)OCc1ccccc1. The summed E-state index contributed by atoms with van der Waals surface area (Å²) in [5.41, 5.74) is 0.725. The molecule has 0 heterocycles. The predicted molar refractivity (Wildman–Crippen MR) is 118 cm³/mol. The summed E-state index contributed by atoms with van der Waals surface area (Å²) in [5.74, 6) is -2.20. The molecule has 2 aromatic carbocycles. The number of sulfone groups is 1. The van der Waals surface area contributed by atoms with Gasteiger partial charge in [-0.1, -0.05) is 48.5 Å². The third kappa shape index (κ3) is 8.20. The minimum atomic E-state index is -3.71. The molecule has 0 unspecified atom stereocenters. The maximum atomic E-state index is 12.5. The van der Waals surface area contributed by atoms with Crippen LogP contribution in [0, 0.1) is 0 Å². The van der Waals surface area contributed by atoms with Gasteiger partial charge < -0.3 is 25.2 Å². The first-order valence-corrected chi connectivity index (χ1v) is 11.7. The van der Waals surface area contributed by atoms with Gasteiger partial charge in [0.15, 0.2) is 9.84 Å². The topological polar surface area (TPSA) is 148 Å². The van der Waals surface area contributed by atoms with Crippen LogP contribution in [0.3, 0.4) is 0 Å². The molecule has 2 amide bonds. The quantitative estimate of drug-likeness (QED) is 0.402. The molecule has 0 saturated carbocycles. The number of hydrogen-bond acceptors (Lipinski definition) is 8. The third-order valence-corrected chi connectivity index (χ3v) is 6.35. The molecule has 0 aromatic heterocycles. The fraction of sp³-hybridized carbons (Fsp3) is 0.318. The first-order valence-electron chi connectivity index (χ1n) is 10.0. The molecular formula is C22H26N2O8S. The number of amides is 2. The number of aliphatic hydroxyl groups is 1. The van der Waals surface area contributed by atoms with Crippen molar-refractivity contribution in [3.05, 3.63) is 66.2 Å². The third-order valence-electron chi connectivity index (χ3n) is 4.58. The largest absolute Gasteiger partial charge is 0.467 e. The number of carbonyl (C=O) groups excluding carboxylic acids is 3. The van der Waals surface area contributed by atoms with E-state index in [1.54, 1.807) is 48.5 Å². The van der Waals surface area contributed by atoms with Gasteiger partial charge in [0.1, 0.15) is 18.7 Å². The summed E-state index contributed by atoms with van der Waals surface area (Å²) in [4.78, 5) is 36.7. The second-order valence-electron chi connectivity index (χ2n) is 6.95. The van der Waals surface area contributed by atoms with Gasteiger partial charge in [-0.25, -0.2) is 18.0 Å². The number of ether oxygens (including phenoxy) is 2. The molecule has 0 aliphatic rings. The van der Waals surface area contributed by atoms with Gasteiger partial charge in [0.25, 0.3) is 0 Å². The highest BCUT2D eigenvalue weighted by Crippen LogP contribution is 2.12. The zero-order chi connectivity index (χ0) is 24.3. The second-order valence-corrected chi connectivity index (χ2v) is 9.06. The van der Waals surface area contributed by atoms with E-state index in [1.165, 1.54) is 12.1 Å². The summed E-state index contributed by atoms with van der Waals surface area (Å²) < 4.78 is 34.6. The van der Waals surface area contributed by atoms with Crippen molar-refractivity contribution >= 4 is 27.8 Å². The minimum Gasteiger partial charge on any atom is -0.467 e. The highest BCUT2D eigenvalue weighted by molar-refractivity contribution is 7.91. The van der Waals surface area contributed by atoms with Crippen molar-refractivity contribution in [3.8, 4) is 0 Å². The summed E-state index contributed by atoms with van der Waals surface area (Å²) in [5, 5.41) is 14.0. The van der Waals surface area contributed by atoms with Gasteiger partial charge in [-0.3, -0.25) is 4.79 Å². The molecule has 11 heteroatoms. The van der Waals surface area contributed by atoms with Crippen LogP contribution in [0.2, 0.25) is 0 Å². The van der Waals surface area contributed by atoms with Gasteiger partial charge >= 0.3 is 12.1 Å². The molecule has 178 valence electrons. The van der Waals surface area contributed by atoms with Crippen molar-refractivity contribution in [3.63, 3.8) is 0 Å². The van der Waals surface area contributed by atoms with E-state index >= 15 is 0 Å². The van der Waals surface area contributed by atoms with E-state index in [1.807, 2.05) is 0 Å². The Morgan fingerprint density at radius 1 is 0.939 bits per heavy atom. The Balaban J connectivity index is 1.96. The fourth-order valence-electron chi connectivity index (χ4n) is 2.78. The van der Waals surface area contributed by atoms with E-state index in [-0.39, 0.29) is 17.9 Å². The van der Waals surface area contributed by atoms with Gasteiger partial charge in [0.2, 0.25) is 5.91 Å². The Labute approximate surface area is 191 Å². The maximum Gasteiger partial charge on any atom is 0.408 e. The minimum absolute atomic E-state index is 0.0471. The van der Waals surface area contributed by atoms with Crippen LogP contribution in [0.5, 0.6) is 0 Å². The smallest absolute Gasteiger partial charge is 0.408 e. The molecule has 10 nitrogen and oxygen atoms in total. The maximum absolute atomic E-state index is 12.5. The summed E-state index contributed by atoms with van der Waals surface area (Å²) >= 11 is 0. The summed E-state index contributed by atoms with van der Waals surface area (Å²) in [6, 6.07) is 13.8. The van der Waals surface area contributed by atoms with E-state index in [4.69, 9.17) is 4.74 Å². The van der Waals surface area contributed by atoms with Gasteiger partial charge in [0, 0.05) is 0 Å². The van der Waals surface area contributed by atoms with E-state index in [0.717, 1.165) is 12.7 Å². The lowest BCUT2D eigenvalue weighted by atomic mass is 10.2. The van der Waals surface area contributed by atoms with Crippen LogP contribution in [0.1, 0.15) is 12.0 Å². The Bertz CT molecular complexity index is 1030.